The molecule has 0 aliphatic carbocycles. The van der Waals surface area contributed by atoms with Gasteiger partial charge in [0.1, 0.15) is 12.1 Å². The topological polar surface area (TPSA) is 129 Å². The van der Waals surface area contributed by atoms with Crippen LogP contribution in [-0.4, -0.2) is 59.3 Å². The number of nitrogens with one attached hydrogen (secondary N) is 3. The summed E-state index contributed by atoms with van der Waals surface area (Å²) >= 11 is 1.41. The number of amides is 3. The minimum atomic E-state index is -0.918. The molecule has 36 heavy (non-hydrogen) atoms. The number of fused-ring (bicyclic) bond motifs is 1. The predicted octanol–water partition coefficient (Wildman–Crippen LogP) is 1.53. The number of hydrogen-bond donors (Lipinski definition) is 4. The van der Waals surface area contributed by atoms with E-state index < -0.39 is 23.9 Å². The van der Waals surface area contributed by atoms with Crippen LogP contribution in [0, 0.1) is 0 Å². The van der Waals surface area contributed by atoms with Crippen molar-refractivity contribution in [3.05, 3.63) is 64.6 Å². The first-order valence-corrected chi connectivity index (χ1v) is 13.1. The van der Waals surface area contributed by atoms with E-state index in [0.717, 1.165) is 42.3 Å². The number of likely N-dealkylation sites (tertiary alicyclic amines) is 1. The largest absolute Gasteiger partial charge is 0.343 e. The van der Waals surface area contributed by atoms with Gasteiger partial charge in [-0.05, 0) is 42.3 Å². The quantitative estimate of drug-likeness (QED) is 0.187. The molecular weight excluding hydrogens is 476 g/mol. The number of carbonyl (C=O) groups excluding carboxylic acids is 3. The fourth-order valence-corrected chi connectivity index (χ4v) is 5.16. The minimum Gasteiger partial charge on any atom is -0.343 e. The zero-order valence-corrected chi connectivity index (χ0v) is 20.9. The highest BCUT2D eigenvalue weighted by Gasteiger charge is 2.28. The van der Waals surface area contributed by atoms with Gasteiger partial charge in [0.25, 0.3) is 5.91 Å². The summed E-state index contributed by atoms with van der Waals surface area (Å²) in [7, 11) is 0. The summed E-state index contributed by atoms with van der Waals surface area (Å²) in [5.74, 6) is 4.20. The van der Waals surface area contributed by atoms with Crippen LogP contribution in [0.5, 0.6) is 0 Å². The highest BCUT2D eigenvalue weighted by Crippen LogP contribution is 2.20. The number of piperidine rings is 1. The van der Waals surface area contributed by atoms with Crippen LogP contribution in [0.15, 0.2) is 53.4 Å². The molecule has 3 amide bonds. The molecule has 10 heteroatoms. The van der Waals surface area contributed by atoms with Crippen LogP contribution in [0.1, 0.15) is 30.5 Å². The third-order valence-corrected chi connectivity index (χ3v) is 7.08. The SMILES string of the molecule is NNC(=O)[C@H](Cc1cscn1)NC(=O)[C@H](Cc1cccc2ccccc12)NC(=O)CN1CCCCC1. The number of nitrogens with zero attached hydrogens (tertiary/aromatic N) is 2. The maximum absolute atomic E-state index is 13.5. The van der Waals surface area contributed by atoms with Crippen molar-refractivity contribution < 1.29 is 14.4 Å². The predicted molar refractivity (Wildman–Crippen MR) is 140 cm³/mol. The third kappa shape index (κ3) is 6.87. The number of hydrogen-bond acceptors (Lipinski definition) is 7. The lowest BCUT2D eigenvalue weighted by atomic mass is 9.98. The van der Waals surface area contributed by atoms with E-state index in [-0.39, 0.29) is 25.3 Å². The summed E-state index contributed by atoms with van der Waals surface area (Å²) in [5.41, 5.74) is 5.39. The molecule has 2 heterocycles. The third-order valence-electron chi connectivity index (χ3n) is 6.44. The summed E-state index contributed by atoms with van der Waals surface area (Å²) in [5, 5.41) is 9.60. The molecule has 5 N–H and O–H groups in total. The molecule has 1 aliphatic heterocycles. The van der Waals surface area contributed by atoms with Crippen molar-refractivity contribution in [3.63, 3.8) is 0 Å². The molecule has 0 saturated carbocycles. The Bertz CT molecular complexity index is 1170. The Hall–Kier alpha value is -3.34. The van der Waals surface area contributed by atoms with Crippen molar-refractivity contribution in [3.8, 4) is 0 Å². The van der Waals surface area contributed by atoms with Crippen molar-refractivity contribution in [1.82, 2.24) is 25.9 Å². The van der Waals surface area contributed by atoms with Crippen LogP contribution in [0.25, 0.3) is 10.8 Å². The fraction of sp³-hybridized carbons (Fsp3) is 0.385. The molecule has 4 rings (SSSR count). The van der Waals surface area contributed by atoms with Gasteiger partial charge in [-0.2, -0.15) is 0 Å². The average molecular weight is 509 g/mol. The summed E-state index contributed by atoms with van der Waals surface area (Å²) in [6, 6.07) is 12.1. The maximum atomic E-state index is 13.5. The number of carbonyl (C=O) groups is 3. The highest BCUT2D eigenvalue weighted by atomic mass is 32.1. The van der Waals surface area contributed by atoms with Crippen LogP contribution in [0.3, 0.4) is 0 Å². The van der Waals surface area contributed by atoms with Gasteiger partial charge in [-0.25, -0.2) is 10.8 Å². The monoisotopic (exact) mass is 508 g/mol. The number of aromatic nitrogens is 1. The van der Waals surface area contributed by atoms with Crippen molar-refractivity contribution in [2.75, 3.05) is 19.6 Å². The Morgan fingerprint density at radius 3 is 2.44 bits per heavy atom. The Labute approximate surface area is 214 Å². The first kappa shape index (κ1) is 25.7. The van der Waals surface area contributed by atoms with Crippen molar-refractivity contribution in [2.45, 2.75) is 44.2 Å². The average Bonchev–Trinajstić information content (AvgIpc) is 3.41. The number of hydrazine groups is 1. The molecule has 0 unspecified atom stereocenters. The first-order valence-electron chi connectivity index (χ1n) is 12.2. The van der Waals surface area contributed by atoms with Crippen LogP contribution in [0.2, 0.25) is 0 Å². The van der Waals surface area contributed by atoms with Gasteiger partial charge in [-0.15, -0.1) is 11.3 Å². The molecule has 0 spiro atoms. The zero-order chi connectivity index (χ0) is 25.3. The molecule has 0 radical (unpaired) electrons. The van der Waals surface area contributed by atoms with Gasteiger partial charge in [-0.3, -0.25) is 24.7 Å². The van der Waals surface area contributed by atoms with Crippen LogP contribution in [-0.2, 0) is 27.2 Å². The van der Waals surface area contributed by atoms with Gasteiger partial charge in [0.2, 0.25) is 11.8 Å². The maximum Gasteiger partial charge on any atom is 0.256 e. The lowest BCUT2D eigenvalue weighted by Gasteiger charge is -2.27. The Morgan fingerprint density at radius 1 is 0.944 bits per heavy atom. The molecule has 2 aromatic carbocycles. The molecule has 9 nitrogen and oxygen atoms in total. The second kappa shape index (κ2) is 12.6. The van der Waals surface area contributed by atoms with Crippen LogP contribution >= 0.6 is 11.3 Å². The molecule has 190 valence electrons. The summed E-state index contributed by atoms with van der Waals surface area (Å²) in [6.45, 7) is 1.99. The van der Waals surface area contributed by atoms with Gasteiger partial charge in [0, 0.05) is 18.2 Å². The van der Waals surface area contributed by atoms with Gasteiger partial charge >= 0.3 is 0 Å². The first-order chi connectivity index (χ1) is 17.5. The number of thiazole rings is 1. The minimum absolute atomic E-state index is 0.195. The standard InChI is InChI=1S/C26H32N6O3S/c27-31-26(35)23(14-20-16-36-17-28-20)30-25(34)22(29-24(33)15-32-11-4-1-5-12-32)13-19-9-6-8-18-7-2-3-10-21(18)19/h2-3,6-10,16-17,22-23H,1,4-5,11-15,27H2,(H,29,33)(H,30,34)(H,31,35)/t22-,23-/m0/s1. The normalized spacial score (nSPS) is 15.7. The number of benzene rings is 2. The smallest absolute Gasteiger partial charge is 0.256 e. The molecular formula is C26H32N6O3S. The van der Waals surface area contributed by atoms with E-state index in [1.165, 1.54) is 17.8 Å². The van der Waals surface area contributed by atoms with Crippen molar-refractivity contribution in [1.29, 1.82) is 0 Å². The van der Waals surface area contributed by atoms with E-state index in [9.17, 15) is 14.4 Å². The van der Waals surface area contributed by atoms with Gasteiger partial charge < -0.3 is 10.6 Å². The zero-order valence-electron chi connectivity index (χ0n) is 20.1. The number of nitrogens with two attached hydrogens (primary N) is 1. The number of rotatable bonds is 10. The molecule has 1 aromatic heterocycles. The molecule has 1 aliphatic rings. The van der Waals surface area contributed by atoms with Gasteiger partial charge in [0.15, 0.2) is 0 Å². The summed E-state index contributed by atoms with van der Waals surface area (Å²) < 4.78 is 0. The van der Waals surface area contributed by atoms with E-state index >= 15 is 0 Å². The second-order valence-corrected chi connectivity index (χ2v) is 9.77. The van der Waals surface area contributed by atoms with Crippen LogP contribution in [0.4, 0.5) is 0 Å². The lowest BCUT2D eigenvalue weighted by Crippen LogP contribution is -2.56. The van der Waals surface area contributed by atoms with Gasteiger partial charge in [-0.1, -0.05) is 48.9 Å². The molecule has 1 saturated heterocycles. The second-order valence-electron chi connectivity index (χ2n) is 9.05. The lowest BCUT2D eigenvalue weighted by molar-refractivity contribution is -0.132. The summed E-state index contributed by atoms with van der Waals surface area (Å²) in [4.78, 5) is 45.2. The molecule has 2 atom stereocenters. The molecule has 3 aromatic rings. The van der Waals surface area contributed by atoms with E-state index in [0.29, 0.717) is 5.69 Å². The van der Waals surface area contributed by atoms with E-state index in [2.05, 4.69) is 25.9 Å². The summed E-state index contributed by atoms with van der Waals surface area (Å²) in [6.07, 6.45) is 3.79. The van der Waals surface area contributed by atoms with E-state index in [4.69, 9.17) is 5.84 Å². The van der Waals surface area contributed by atoms with Crippen LogP contribution < -0.4 is 21.9 Å². The van der Waals surface area contributed by atoms with Crippen molar-refractivity contribution >= 4 is 39.8 Å². The highest BCUT2D eigenvalue weighted by molar-refractivity contribution is 7.07. The fourth-order valence-electron chi connectivity index (χ4n) is 4.59. The Morgan fingerprint density at radius 2 is 1.69 bits per heavy atom. The molecule has 0 bridgehead atoms. The Kier molecular flexibility index (Phi) is 8.99. The molecule has 1 fully saturated rings. The van der Waals surface area contributed by atoms with E-state index in [1.54, 1.807) is 5.51 Å². The van der Waals surface area contributed by atoms with E-state index in [1.807, 2.05) is 47.8 Å². The van der Waals surface area contributed by atoms with Crippen molar-refractivity contribution in [2.24, 2.45) is 5.84 Å². The Balaban J connectivity index is 1.53. The van der Waals surface area contributed by atoms with Gasteiger partial charge in [0.05, 0.1) is 17.7 Å².